The van der Waals surface area contributed by atoms with Crippen LogP contribution in [-0.2, 0) is 4.79 Å². The van der Waals surface area contributed by atoms with Crippen LogP contribution < -0.4 is 0 Å². The number of hydrogen-bond acceptors (Lipinski definition) is 2. The third-order valence-electron chi connectivity index (χ3n) is 4.23. The van der Waals surface area contributed by atoms with E-state index in [2.05, 4.69) is 20.8 Å². The van der Waals surface area contributed by atoms with E-state index in [-0.39, 0.29) is 5.57 Å². The number of carboxylic acids is 1. The molecule has 4 heteroatoms. The molecule has 0 spiro atoms. The van der Waals surface area contributed by atoms with Crippen molar-refractivity contribution in [2.75, 3.05) is 19.6 Å². The Morgan fingerprint density at radius 3 is 2.18 bits per heavy atom. The zero-order chi connectivity index (χ0) is 16.8. The fourth-order valence-electron chi connectivity index (χ4n) is 2.51. The molecule has 0 rings (SSSR count). The maximum absolute atomic E-state index is 10.8. The van der Waals surface area contributed by atoms with E-state index in [1.165, 1.54) is 44.6 Å². The van der Waals surface area contributed by atoms with Gasteiger partial charge in [-0.2, -0.15) is 5.26 Å². The molecule has 124 valence electrons. The fraction of sp³-hybridized carbons (Fsp3) is 0.667. The summed E-state index contributed by atoms with van der Waals surface area (Å²) in [6.07, 6.45) is 12.8. The summed E-state index contributed by atoms with van der Waals surface area (Å²) in [5.74, 6) is -1.17. The van der Waals surface area contributed by atoms with Crippen molar-refractivity contribution < 1.29 is 14.4 Å². The Labute approximate surface area is 135 Å². The molecule has 0 aliphatic heterocycles. The van der Waals surface area contributed by atoms with Crippen LogP contribution in [-0.4, -0.2) is 35.2 Å². The van der Waals surface area contributed by atoms with Gasteiger partial charge < -0.3 is 5.11 Å². The molecular weight excluding hydrogens is 276 g/mol. The summed E-state index contributed by atoms with van der Waals surface area (Å²) in [6, 6.07) is 1.70. The van der Waals surface area contributed by atoms with E-state index in [0.29, 0.717) is 0 Å². The maximum Gasteiger partial charge on any atom is 0.346 e. The van der Waals surface area contributed by atoms with Gasteiger partial charge in [0.05, 0.1) is 25.8 Å². The van der Waals surface area contributed by atoms with Gasteiger partial charge in [0.25, 0.3) is 0 Å². The molecule has 0 aliphatic rings. The number of rotatable bonds is 12. The monoisotopic (exact) mass is 307 g/mol. The molecule has 0 aromatic heterocycles. The van der Waals surface area contributed by atoms with Gasteiger partial charge in [-0.1, -0.05) is 32.6 Å². The third-order valence-corrected chi connectivity index (χ3v) is 4.23. The molecule has 0 atom stereocenters. The average Bonchev–Trinajstić information content (AvgIpc) is 2.52. The van der Waals surface area contributed by atoms with Crippen LogP contribution in [0.4, 0.5) is 0 Å². The molecule has 0 fully saturated rings. The second-order valence-electron chi connectivity index (χ2n) is 5.68. The summed E-state index contributed by atoms with van der Waals surface area (Å²) >= 11 is 0. The lowest BCUT2D eigenvalue weighted by molar-refractivity contribution is -0.876. The summed E-state index contributed by atoms with van der Waals surface area (Å²) in [5.41, 5.74) is -0.221. The highest BCUT2D eigenvalue weighted by Crippen LogP contribution is 2.13. The number of nitriles is 1. The Kier molecular flexibility index (Phi) is 11.1. The lowest BCUT2D eigenvalue weighted by Crippen LogP contribution is -2.43. The van der Waals surface area contributed by atoms with Crippen LogP contribution in [0.2, 0.25) is 0 Å². The molecule has 0 aliphatic carbocycles. The SMILES string of the molecule is CCCCCCCC[N+](/C=C/C=C(\C#N)C(=O)O)(CC)CC. The molecule has 0 aromatic carbocycles. The molecule has 0 saturated heterocycles. The summed E-state index contributed by atoms with van der Waals surface area (Å²) in [5, 5.41) is 17.6. The molecule has 0 amide bonds. The summed E-state index contributed by atoms with van der Waals surface area (Å²) < 4.78 is 0.836. The molecule has 0 aromatic rings. The van der Waals surface area contributed by atoms with Crippen molar-refractivity contribution in [1.82, 2.24) is 0 Å². The highest BCUT2D eigenvalue weighted by Gasteiger charge is 2.19. The molecule has 0 unspecified atom stereocenters. The number of unbranched alkanes of at least 4 members (excludes halogenated alkanes) is 5. The summed E-state index contributed by atoms with van der Waals surface area (Å²) in [4.78, 5) is 10.8. The smallest absolute Gasteiger partial charge is 0.346 e. The number of aliphatic carboxylic acids is 1. The van der Waals surface area contributed by atoms with Gasteiger partial charge in [0.2, 0.25) is 0 Å². The van der Waals surface area contributed by atoms with Crippen molar-refractivity contribution >= 4 is 5.97 Å². The predicted octanol–water partition coefficient (Wildman–Crippen LogP) is 4.25. The van der Waals surface area contributed by atoms with Crippen molar-refractivity contribution in [3.05, 3.63) is 23.9 Å². The molecule has 0 radical (unpaired) electrons. The minimum atomic E-state index is -1.17. The number of allylic oxidation sites excluding steroid dienone is 2. The Bertz CT molecular complexity index is 415. The van der Waals surface area contributed by atoms with E-state index in [9.17, 15) is 4.79 Å². The van der Waals surface area contributed by atoms with Gasteiger partial charge in [-0.25, -0.2) is 4.79 Å². The van der Waals surface area contributed by atoms with Gasteiger partial charge in [-0.15, -0.1) is 0 Å². The van der Waals surface area contributed by atoms with Gasteiger partial charge in [0, 0.05) is 0 Å². The largest absolute Gasteiger partial charge is 0.477 e. The zero-order valence-electron chi connectivity index (χ0n) is 14.3. The lowest BCUT2D eigenvalue weighted by atomic mass is 10.1. The van der Waals surface area contributed by atoms with Crippen LogP contribution in [0, 0.1) is 11.3 Å². The van der Waals surface area contributed by atoms with Gasteiger partial charge in [-0.3, -0.25) is 4.48 Å². The second kappa shape index (κ2) is 12.0. The second-order valence-corrected chi connectivity index (χ2v) is 5.68. The highest BCUT2D eigenvalue weighted by molar-refractivity contribution is 5.91. The van der Waals surface area contributed by atoms with E-state index >= 15 is 0 Å². The van der Waals surface area contributed by atoms with Crippen molar-refractivity contribution in [2.24, 2.45) is 0 Å². The molecule has 0 heterocycles. The van der Waals surface area contributed by atoms with Crippen molar-refractivity contribution in [2.45, 2.75) is 59.3 Å². The normalized spacial score (nSPS) is 12.5. The molecule has 1 N–H and O–H groups in total. The zero-order valence-corrected chi connectivity index (χ0v) is 14.3. The first kappa shape index (κ1) is 20.4. The Balaban J connectivity index is 4.55. The fourth-order valence-corrected chi connectivity index (χ4v) is 2.51. The number of carbonyl (C=O) groups is 1. The molecule has 0 bridgehead atoms. The van der Waals surface area contributed by atoms with Crippen LogP contribution in [0.1, 0.15) is 59.3 Å². The Hall–Kier alpha value is -1.60. The number of nitrogens with zero attached hydrogens (tertiary/aromatic N) is 2. The molecular formula is C18H31N2O2+. The van der Waals surface area contributed by atoms with Crippen LogP contribution in [0.25, 0.3) is 0 Å². The van der Waals surface area contributed by atoms with Gasteiger partial charge in [0.15, 0.2) is 0 Å². The topological polar surface area (TPSA) is 61.1 Å². The van der Waals surface area contributed by atoms with Gasteiger partial charge in [0.1, 0.15) is 11.6 Å². The van der Waals surface area contributed by atoms with Crippen LogP contribution in [0.5, 0.6) is 0 Å². The van der Waals surface area contributed by atoms with E-state index < -0.39 is 5.97 Å². The molecule has 0 saturated carbocycles. The van der Waals surface area contributed by atoms with Crippen molar-refractivity contribution in [3.8, 4) is 6.07 Å². The van der Waals surface area contributed by atoms with Crippen molar-refractivity contribution in [1.29, 1.82) is 5.26 Å². The summed E-state index contributed by atoms with van der Waals surface area (Å²) in [7, 11) is 0. The maximum atomic E-state index is 10.8. The molecule has 4 nitrogen and oxygen atoms in total. The Morgan fingerprint density at radius 2 is 1.68 bits per heavy atom. The average molecular weight is 307 g/mol. The first-order valence-corrected chi connectivity index (χ1v) is 8.43. The van der Waals surface area contributed by atoms with Crippen LogP contribution in [0.3, 0.4) is 0 Å². The van der Waals surface area contributed by atoms with Crippen LogP contribution in [0.15, 0.2) is 23.9 Å². The Morgan fingerprint density at radius 1 is 1.09 bits per heavy atom. The van der Waals surface area contributed by atoms with E-state index in [1.54, 1.807) is 12.1 Å². The van der Waals surface area contributed by atoms with E-state index in [0.717, 1.165) is 24.1 Å². The van der Waals surface area contributed by atoms with Gasteiger partial charge >= 0.3 is 5.97 Å². The minimum absolute atomic E-state index is 0.221. The summed E-state index contributed by atoms with van der Waals surface area (Å²) in [6.45, 7) is 9.54. The van der Waals surface area contributed by atoms with Gasteiger partial charge in [-0.05, 0) is 38.8 Å². The quantitative estimate of drug-likeness (QED) is 0.193. The van der Waals surface area contributed by atoms with Crippen LogP contribution >= 0.6 is 0 Å². The minimum Gasteiger partial charge on any atom is -0.477 e. The lowest BCUT2D eigenvalue weighted by Gasteiger charge is -2.32. The number of hydrogen-bond donors (Lipinski definition) is 1. The van der Waals surface area contributed by atoms with Crippen molar-refractivity contribution in [3.63, 3.8) is 0 Å². The number of quaternary nitrogens is 1. The number of carboxylic acid groups (broad SMARTS) is 1. The molecule has 22 heavy (non-hydrogen) atoms. The van der Waals surface area contributed by atoms with E-state index in [4.69, 9.17) is 10.4 Å². The predicted molar refractivity (Wildman–Crippen MR) is 90.1 cm³/mol. The third kappa shape index (κ3) is 7.99. The standard InChI is InChI=1S/C18H30N2O2/c1-4-7-8-9-10-11-14-20(5-2,6-3)15-12-13-17(16-19)18(21)22/h12-13,15H,4-11,14H2,1-3H3/p+1/b15-12+,17-13+. The first-order valence-electron chi connectivity index (χ1n) is 8.43. The first-order chi connectivity index (χ1) is 10.5. The highest BCUT2D eigenvalue weighted by atomic mass is 16.4. The van der Waals surface area contributed by atoms with E-state index in [1.807, 2.05) is 6.20 Å².